The summed E-state index contributed by atoms with van der Waals surface area (Å²) in [6, 6.07) is 3.57. The van der Waals surface area contributed by atoms with Crippen LogP contribution >= 0.6 is 0 Å². The lowest BCUT2D eigenvalue weighted by molar-refractivity contribution is 0.0528. The van der Waals surface area contributed by atoms with Crippen molar-refractivity contribution in [3.63, 3.8) is 0 Å². The van der Waals surface area contributed by atoms with Crippen LogP contribution in [0.3, 0.4) is 0 Å². The summed E-state index contributed by atoms with van der Waals surface area (Å²) in [6.45, 7) is 4.00. The molecule has 0 aliphatic rings. The summed E-state index contributed by atoms with van der Waals surface area (Å²) in [4.78, 5) is 20.1. The number of aromatic nitrogens is 2. The summed E-state index contributed by atoms with van der Waals surface area (Å²) < 4.78 is 4.96. The highest BCUT2D eigenvalue weighted by molar-refractivity contribution is 6.36. The van der Waals surface area contributed by atoms with Crippen LogP contribution in [0.2, 0.25) is 0 Å². The maximum Gasteiger partial charge on any atom is 0.337 e. The molecule has 0 spiro atoms. The summed E-state index contributed by atoms with van der Waals surface area (Å²) in [5.74, 6) is -0.440. The third-order valence-corrected chi connectivity index (χ3v) is 2.60. The molecule has 2 aromatic heterocycles. The Morgan fingerprint density at radius 1 is 1.32 bits per heavy atom. The van der Waals surface area contributed by atoms with Gasteiger partial charge in [-0.15, -0.1) is 0 Å². The van der Waals surface area contributed by atoms with Crippen LogP contribution in [0.4, 0.5) is 0 Å². The van der Waals surface area contributed by atoms with Crippen molar-refractivity contribution in [2.24, 2.45) is 0 Å². The zero-order chi connectivity index (χ0) is 13.8. The van der Waals surface area contributed by atoms with Crippen molar-refractivity contribution in [2.45, 2.75) is 13.8 Å². The molecule has 0 aliphatic carbocycles. The van der Waals surface area contributed by atoms with Crippen molar-refractivity contribution in [1.82, 2.24) is 9.97 Å². The van der Waals surface area contributed by atoms with Gasteiger partial charge in [0, 0.05) is 24.2 Å². The van der Waals surface area contributed by atoms with Gasteiger partial charge in [-0.3, -0.25) is 9.97 Å². The van der Waals surface area contributed by atoms with Crippen LogP contribution in [-0.4, -0.2) is 30.4 Å². The average Bonchev–Trinajstić information content (AvgIpc) is 2.39. The molecule has 0 aliphatic heterocycles. The van der Waals surface area contributed by atoms with Gasteiger partial charge < -0.3 is 4.74 Å². The standard InChI is InChI=1S/C14H13BN2O2/c1-3-19-14(18)11-5-13(17-8-12(11)15)10-4-9(2)6-16-7-10/h4-8H,3H2,1-2H3. The number of hydrogen-bond acceptors (Lipinski definition) is 4. The van der Waals surface area contributed by atoms with Crippen molar-refractivity contribution < 1.29 is 9.53 Å². The van der Waals surface area contributed by atoms with Gasteiger partial charge in [-0.25, -0.2) is 4.79 Å². The molecule has 19 heavy (non-hydrogen) atoms. The van der Waals surface area contributed by atoms with E-state index in [1.807, 2.05) is 13.0 Å². The molecule has 2 aromatic rings. The number of nitrogens with zero attached hydrogens (tertiary/aromatic N) is 2. The van der Waals surface area contributed by atoms with Crippen LogP contribution < -0.4 is 5.46 Å². The number of rotatable bonds is 3. The fourth-order valence-corrected chi connectivity index (χ4v) is 1.70. The highest BCUT2D eigenvalue weighted by Gasteiger charge is 2.12. The van der Waals surface area contributed by atoms with Crippen LogP contribution in [0.5, 0.6) is 0 Å². The van der Waals surface area contributed by atoms with E-state index in [9.17, 15) is 4.79 Å². The predicted octanol–water partition coefficient (Wildman–Crippen LogP) is 1.42. The van der Waals surface area contributed by atoms with Crippen LogP contribution in [-0.2, 0) is 4.74 Å². The van der Waals surface area contributed by atoms with Gasteiger partial charge in [0.2, 0.25) is 0 Å². The number of esters is 1. The second kappa shape index (κ2) is 5.65. The first-order valence-electron chi connectivity index (χ1n) is 5.96. The minimum Gasteiger partial charge on any atom is -0.462 e. The Morgan fingerprint density at radius 2 is 2.11 bits per heavy atom. The SMILES string of the molecule is [B]c1cnc(-c2cncc(C)c2)cc1C(=O)OCC. The van der Waals surface area contributed by atoms with Crippen LogP contribution in [0.25, 0.3) is 11.3 Å². The maximum absolute atomic E-state index is 11.8. The van der Waals surface area contributed by atoms with Crippen molar-refractivity contribution in [2.75, 3.05) is 6.61 Å². The molecule has 2 heterocycles. The molecule has 4 nitrogen and oxygen atoms in total. The van der Waals surface area contributed by atoms with E-state index in [-0.39, 0.29) is 0 Å². The van der Waals surface area contributed by atoms with E-state index in [0.717, 1.165) is 11.1 Å². The lowest BCUT2D eigenvalue weighted by Crippen LogP contribution is -2.19. The van der Waals surface area contributed by atoms with E-state index in [0.29, 0.717) is 23.3 Å². The van der Waals surface area contributed by atoms with Gasteiger partial charge in [0.15, 0.2) is 0 Å². The van der Waals surface area contributed by atoms with Crippen molar-refractivity contribution in [1.29, 1.82) is 0 Å². The fraction of sp³-hybridized carbons (Fsp3) is 0.214. The Balaban J connectivity index is 2.44. The van der Waals surface area contributed by atoms with E-state index >= 15 is 0 Å². The first-order valence-corrected chi connectivity index (χ1v) is 5.96. The minimum absolute atomic E-state index is 0.307. The van der Waals surface area contributed by atoms with E-state index in [4.69, 9.17) is 12.6 Å². The molecule has 5 heteroatoms. The second-order valence-corrected chi connectivity index (χ2v) is 4.13. The van der Waals surface area contributed by atoms with Gasteiger partial charge in [0.05, 0.1) is 17.9 Å². The molecule has 0 amide bonds. The normalized spacial score (nSPS) is 10.2. The smallest absolute Gasteiger partial charge is 0.337 e. The molecule has 94 valence electrons. The Bertz CT molecular complexity index is 614. The molecule has 0 N–H and O–H groups in total. The molecule has 0 saturated carbocycles. The third kappa shape index (κ3) is 2.99. The zero-order valence-corrected chi connectivity index (χ0v) is 10.9. The number of aryl methyl sites for hydroxylation is 1. The lowest BCUT2D eigenvalue weighted by atomic mass is 9.91. The Kier molecular flexibility index (Phi) is 3.95. The van der Waals surface area contributed by atoms with Gasteiger partial charge >= 0.3 is 5.97 Å². The number of ether oxygens (including phenoxy) is 1. The summed E-state index contributed by atoms with van der Waals surface area (Å²) in [5, 5.41) is 0. The van der Waals surface area contributed by atoms with Gasteiger partial charge in [-0.1, -0.05) is 5.46 Å². The van der Waals surface area contributed by atoms with E-state index in [2.05, 4.69) is 9.97 Å². The molecule has 0 aromatic carbocycles. The minimum atomic E-state index is -0.440. The molecule has 2 radical (unpaired) electrons. The summed E-state index contributed by atoms with van der Waals surface area (Å²) in [7, 11) is 5.75. The monoisotopic (exact) mass is 252 g/mol. The van der Waals surface area contributed by atoms with Gasteiger partial charge in [-0.05, 0) is 31.5 Å². The van der Waals surface area contributed by atoms with Gasteiger partial charge in [0.25, 0.3) is 0 Å². The van der Waals surface area contributed by atoms with E-state index in [1.54, 1.807) is 25.4 Å². The molecule has 0 unspecified atom stereocenters. The van der Waals surface area contributed by atoms with Gasteiger partial charge in [-0.2, -0.15) is 0 Å². The van der Waals surface area contributed by atoms with Crippen LogP contribution in [0.15, 0.2) is 30.7 Å². The van der Waals surface area contributed by atoms with Crippen molar-refractivity contribution in [3.05, 3.63) is 41.9 Å². The molecule has 0 bridgehead atoms. The third-order valence-electron chi connectivity index (χ3n) is 2.60. The van der Waals surface area contributed by atoms with E-state index in [1.165, 1.54) is 6.20 Å². The molecule has 0 fully saturated rings. The first kappa shape index (κ1) is 13.3. The quantitative estimate of drug-likeness (QED) is 0.612. The second-order valence-electron chi connectivity index (χ2n) is 4.13. The first-order chi connectivity index (χ1) is 9.11. The molecular formula is C14H13BN2O2. The predicted molar refractivity (Wildman–Crippen MR) is 73.5 cm³/mol. The Morgan fingerprint density at radius 3 is 2.79 bits per heavy atom. The Labute approximate surface area is 113 Å². The van der Waals surface area contributed by atoms with Crippen LogP contribution in [0, 0.1) is 6.92 Å². The van der Waals surface area contributed by atoms with E-state index < -0.39 is 5.97 Å². The number of hydrogen-bond donors (Lipinski definition) is 0. The topological polar surface area (TPSA) is 52.1 Å². The summed E-state index contributed by atoms with van der Waals surface area (Å²) >= 11 is 0. The number of pyridine rings is 2. The average molecular weight is 252 g/mol. The highest BCUT2D eigenvalue weighted by atomic mass is 16.5. The highest BCUT2D eigenvalue weighted by Crippen LogP contribution is 2.17. The molecule has 0 atom stereocenters. The summed E-state index contributed by atoms with van der Waals surface area (Å²) in [5.41, 5.74) is 3.14. The van der Waals surface area contributed by atoms with Crippen molar-refractivity contribution >= 4 is 19.3 Å². The van der Waals surface area contributed by atoms with Gasteiger partial charge in [0.1, 0.15) is 7.85 Å². The van der Waals surface area contributed by atoms with Crippen LogP contribution in [0.1, 0.15) is 22.8 Å². The maximum atomic E-state index is 11.8. The fourth-order valence-electron chi connectivity index (χ4n) is 1.70. The largest absolute Gasteiger partial charge is 0.462 e. The number of carbonyl (C=O) groups is 1. The Hall–Kier alpha value is -2.17. The van der Waals surface area contributed by atoms with Crippen molar-refractivity contribution in [3.8, 4) is 11.3 Å². The summed E-state index contributed by atoms with van der Waals surface area (Å²) in [6.07, 6.45) is 4.91. The molecule has 2 rings (SSSR count). The lowest BCUT2D eigenvalue weighted by Gasteiger charge is -2.08. The molecule has 0 saturated heterocycles. The molecular weight excluding hydrogens is 239 g/mol. The number of carbonyl (C=O) groups excluding carboxylic acids is 1. The zero-order valence-electron chi connectivity index (χ0n) is 10.9.